The Balaban J connectivity index is 0. The van der Waals surface area contributed by atoms with Crippen molar-refractivity contribution in [2.24, 2.45) is 34.0 Å². The van der Waals surface area contributed by atoms with Crippen LogP contribution in [0, 0.1) is 0 Å². The number of nitrogens with zero attached hydrogens (tertiary/aromatic N) is 1. The molecule has 0 aromatic carbocycles. The number of hydrazone groups is 1. The van der Waals surface area contributed by atoms with Crippen molar-refractivity contribution >= 4 is 12.0 Å². The van der Waals surface area contributed by atoms with Gasteiger partial charge in [0.1, 0.15) is 0 Å². The molecule has 10 heavy (non-hydrogen) atoms. The summed E-state index contributed by atoms with van der Waals surface area (Å²) in [5.41, 5.74) is 15.5. The van der Waals surface area contributed by atoms with Gasteiger partial charge in [-0.25, -0.2) is 10.6 Å². The van der Waals surface area contributed by atoms with E-state index >= 15 is 0 Å². The fourth-order valence-corrected chi connectivity index (χ4v) is 0. The van der Waals surface area contributed by atoms with Gasteiger partial charge < -0.3 is 23.0 Å². The molecule has 0 radical (unpaired) electrons. The minimum atomic E-state index is -0.718. The average molecular weight is 149 g/mol. The van der Waals surface area contributed by atoms with Crippen LogP contribution >= 0.6 is 0 Å². The maximum atomic E-state index is 9.35. The lowest BCUT2D eigenvalue weighted by molar-refractivity contribution is 0.249. The second kappa shape index (κ2) is 7.30. The predicted molar refractivity (Wildman–Crippen MR) is 36.9 cm³/mol. The van der Waals surface area contributed by atoms with Crippen molar-refractivity contribution in [3.63, 3.8) is 0 Å². The third-order valence-corrected chi connectivity index (χ3v) is 0.291. The van der Waals surface area contributed by atoms with Crippen LogP contribution in [-0.2, 0) is 0 Å². The normalized spacial score (nSPS) is 6.50. The quantitative estimate of drug-likeness (QED) is 0.0693. The molecule has 0 aromatic heterocycles. The third-order valence-electron chi connectivity index (χ3n) is 0.291. The van der Waals surface area contributed by atoms with E-state index in [9.17, 15) is 4.79 Å². The zero-order valence-electron chi connectivity index (χ0n) is 5.24. The van der Waals surface area contributed by atoms with Gasteiger partial charge in [-0.1, -0.05) is 0 Å². The van der Waals surface area contributed by atoms with E-state index in [2.05, 4.69) is 22.5 Å². The number of primary amides is 1. The summed E-state index contributed by atoms with van der Waals surface area (Å²) in [5, 5.41) is 2.86. The molecule has 0 saturated carbocycles. The van der Waals surface area contributed by atoms with Crippen LogP contribution in [0.3, 0.4) is 0 Å². The van der Waals surface area contributed by atoms with Gasteiger partial charge in [-0.2, -0.15) is 0 Å². The largest absolute Gasteiger partial charge is 0.369 e. The van der Waals surface area contributed by atoms with Crippen LogP contribution in [0.2, 0.25) is 0 Å². The van der Waals surface area contributed by atoms with Gasteiger partial charge >= 0.3 is 6.03 Å². The number of carbonyl (C=O) groups excluding carboxylic acids is 1. The molecule has 0 fully saturated rings. The van der Waals surface area contributed by atoms with Gasteiger partial charge in [-0.15, -0.1) is 5.10 Å². The number of hydrogen-bond donors (Lipinski definition) is 6. The predicted octanol–water partition coefficient (Wildman–Crippen LogP) is -3.34. The molecule has 8 nitrogen and oxygen atoms in total. The van der Waals surface area contributed by atoms with Crippen molar-refractivity contribution < 1.29 is 4.79 Å². The summed E-state index contributed by atoms with van der Waals surface area (Å²) in [7, 11) is 0. The number of urea groups is 1. The summed E-state index contributed by atoms with van der Waals surface area (Å²) in [6.07, 6.45) is 0. The van der Waals surface area contributed by atoms with Gasteiger partial charge in [0.15, 0.2) is 0 Å². The molecule has 11 N–H and O–H groups in total. The molecule has 0 aromatic rings. The van der Waals surface area contributed by atoms with E-state index < -0.39 is 6.03 Å². The van der Waals surface area contributed by atoms with E-state index in [-0.39, 0.29) is 5.96 Å². The van der Waals surface area contributed by atoms with E-state index in [1.54, 1.807) is 5.43 Å². The number of guanidine groups is 1. The van der Waals surface area contributed by atoms with Gasteiger partial charge in [0, 0.05) is 0 Å². The minimum absolute atomic E-state index is 0.0926. The Morgan fingerprint density at radius 1 is 1.30 bits per heavy atom. The number of rotatable bonds is 0. The van der Waals surface area contributed by atoms with Gasteiger partial charge in [-0.05, 0) is 0 Å². The van der Waals surface area contributed by atoms with E-state index in [1.165, 1.54) is 0 Å². The topological polar surface area (TPSA) is 172 Å². The molecular formula is C2H11N7O. The van der Waals surface area contributed by atoms with Crippen LogP contribution in [0.1, 0.15) is 0 Å². The molecule has 0 unspecified atom stereocenters. The van der Waals surface area contributed by atoms with E-state index in [4.69, 9.17) is 11.5 Å². The Morgan fingerprint density at radius 3 is 1.50 bits per heavy atom. The minimum Gasteiger partial charge on any atom is -0.369 e. The average Bonchev–Trinajstić information content (AvgIpc) is 1.89. The van der Waals surface area contributed by atoms with E-state index in [0.717, 1.165) is 0 Å². The number of carbonyl (C=O) groups is 1. The summed E-state index contributed by atoms with van der Waals surface area (Å²) in [6, 6.07) is -0.718. The fourth-order valence-electron chi connectivity index (χ4n) is 0. The molecule has 2 amide bonds. The lowest BCUT2D eigenvalue weighted by Gasteiger charge is -1.81. The molecule has 0 rings (SSSR count). The van der Waals surface area contributed by atoms with Crippen LogP contribution < -0.4 is 34.3 Å². The van der Waals surface area contributed by atoms with Gasteiger partial charge in [0.25, 0.3) is 0 Å². The Hall–Kier alpha value is -1.70. The first-order valence-electron chi connectivity index (χ1n) is 2.09. The first kappa shape index (κ1) is 11.1. The second-order valence-corrected chi connectivity index (χ2v) is 1.06. The van der Waals surface area contributed by atoms with Crippen LogP contribution in [0.4, 0.5) is 4.79 Å². The smallest absolute Gasteiger partial charge is 0.326 e. The summed E-state index contributed by atoms with van der Waals surface area (Å²) in [6.45, 7) is 0. The van der Waals surface area contributed by atoms with Crippen LogP contribution in [0.5, 0.6) is 0 Å². The SMILES string of the molecule is NN=C(N)N.NNC(N)=O. The molecular weight excluding hydrogens is 138 g/mol. The zero-order chi connectivity index (χ0) is 8.57. The van der Waals surface area contributed by atoms with Crippen LogP contribution in [0.15, 0.2) is 5.10 Å². The second-order valence-electron chi connectivity index (χ2n) is 1.06. The summed E-state index contributed by atoms with van der Waals surface area (Å²) < 4.78 is 0. The molecule has 0 aliphatic carbocycles. The number of hydrazine groups is 1. The standard InChI is InChI=1S/CH6N4.CH5N3O/c2-1(3)5-4;2-1(5)4-3/h4H2,(H4,2,3,5);3H2,(H3,2,4,5). The van der Waals surface area contributed by atoms with Crippen molar-refractivity contribution in [2.75, 3.05) is 0 Å². The van der Waals surface area contributed by atoms with Crippen molar-refractivity contribution in [2.45, 2.75) is 0 Å². The van der Waals surface area contributed by atoms with Gasteiger partial charge in [0.05, 0.1) is 0 Å². The van der Waals surface area contributed by atoms with Crippen molar-refractivity contribution in [3.05, 3.63) is 0 Å². The highest BCUT2D eigenvalue weighted by Crippen LogP contribution is 1.34. The third kappa shape index (κ3) is 33.5. The van der Waals surface area contributed by atoms with Crippen LogP contribution in [-0.4, -0.2) is 12.0 Å². The Labute approximate surface area is 57.4 Å². The highest BCUT2D eigenvalue weighted by Gasteiger charge is 1.73. The van der Waals surface area contributed by atoms with Crippen molar-refractivity contribution in [1.29, 1.82) is 0 Å². The molecule has 8 heteroatoms. The zero-order valence-corrected chi connectivity index (χ0v) is 5.24. The molecule has 0 heterocycles. The number of hydrogen-bond acceptors (Lipinski definition) is 4. The number of nitrogens with two attached hydrogens (primary N) is 5. The van der Waals surface area contributed by atoms with Crippen molar-refractivity contribution in [1.82, 2.24) is 5.43 Å². The summed E-state index contributed by atoms with van der Waals surface area (Å²) in [5.74, 6) is 8.86. The van der Waals surface area contributed by atoms with Crippen molar-refractivity contribution in [3.8, 4) is 0 Å². The molecule has 0 atom stereocenters. The molecule has 0 bridgehead atoms. The lowest BCUT2D eigenvalue weighted by Crippen LogP contribution is -2.34. The molecule has 60 valence electrons. The van der Waals surface area contributed by atoms with E-state index in [1.807, 2.05) is 0 Å². The highest BCUT2D eigenvalue weighted by atomic mass is 16.2. The molecule has 0 saturated heterocycles. The monoisotopic (exact) mass is 149 g/mol. The summed E-state index contributed by atoms with van der Waals surface area (Å²) >= 11 is 0. The first-order valence-corrected chi connectivity index (χ1v) is 2.09. The maximum absolute atomic E-state index is 9.35. The van der Waals surface area contributed by atoms with E-state index in [0.29, 0.717) is 0 Å². The molecule has 0 aliphatic heterocycles. The lowest BCUT2D eigenvalue weighted by atomic mass is 11.1. The molecule has 0 aliphatic rings. The maximum Gasteiger partial charge on any atom is 0.326 e. The first-order chi connectivity index (χ1) is 4.54. The fraction of sp³-hybridized carbons (Fsp3) is 0. The Bertz CT molecular complexity index is 115. The molecule has 0 spiro atoms. The number of amides is 2. The number of nitrogens with one attached hydrogen (secondary N) is 1. The highest BCUT2D eigenvalue weighted by molar-refractivity contribution is 5.75. The summed E-state index contributed by atoms with van der Waals surface area (Å²) in [4.78, 5) is 9.35. The Morgan fingerprint density at radius 2 is 1.50 bits per heavy atom. The Kier molecular flexibility index (Phi) is 8.14. The van der Waals surface area contributed by atoms with Crippen LogP contribution in [0.25, 0.3) is 0 Å². The van der Waals surface area contributed by atoms with Gasteiger partial charge in [0.2, 0.25) is 5.96 Å². The van der Waals surface area contributed by atoms with Gasteiger partial charge in [-0.3, -0.25) is 5.43 Å².